The molecule has 0 bridgehead atoms. The molecular weight excluding hydrogens is 490 g/mol. The smallest absolute Gasteiger partial charge is 0.264 e. The molecule has 0 saturated carbocycles. The third-order valence-electron chi connectivity index (χ3n) is 6.36. The van der Waals surface area contributed by atoms with Crippen molar-refractivity contribution in [3.05, 3.63) is 89.5 Å². The molecule has 0 aromatic heterocycles. The number of rotatable bonds is 10. The lowest BCUT2D eigenvalue weighted by Crippen LogP contribution is -2.50. The van der Waals surface area contributed by atoms with Crippen LogP contribution in [0.4, 0.5) is 5.69 Å². The average molecular weight is 524 g/mol. The minimum absolute atomic E-state index is 0.0717. The van der Waals surface area contributed by atoms with E-state index in [0.717, 1.165) is 21.0 Å². The second-order valence-electron chi connectivity index (χ2n) is 8.71. The van der Waals surface area contributed by atoms with Crippen LogP contribution in [0.15, 0.2) is 77.7 Å². The van der Waals surface area contributed by atoms with Gasteiger partial charge >= 0.3 is 0 Å². The molecule has 2 amide bonds. The van der Waals surface area contributed by atoms with Gasteiger partial charge in [-0.2, -0.15) is 0 Å². The SMILES string of the molecule is CNC(=O)[C@@H](C)N(Cc1cccc(OC)c1)C(=O)CN(c1cccc(C)c1C)S(=O)(=O)c1ccccc1. The van der Waals surface area contributed by atoms with E-state index >= 15 is 0 Å². The summed E-state index contributed by atoms with van der Waals surface area (Å²) >= 11 is 0. The lowest BCUT2D eigenvalue weighted by Gasteiger charge is -2.32. The number of ether oxygens (including phenoxy) is 1. The molecule has 0 spiro atoms. The van der Waals surface area contributed by atoms with Crippen LogP contribution in [0.3, 0.4) is 0 Å². The number of aryl methyl sites for hydroxylation is 1. The number of methoxy groups -OCH3 is 1. The Hall–Kier alpha value is -3.85. The first-order valence-electron chi connectivity index (χ1n) is 11.9. The second-order valence-corrected chi connectivity index (χ2v) is 10.6. The summed E-state index contributed by atoms with van der Waals surface area (Å²) in [5.41, 5.74) is 2.79. The zero-order valence-electron chi connectivity index (χ0n) is 21.8. The third kappa shape index (κ3) is 6.29. The first-order valence-corrected chi connectivity index (χ1v) is 13.3. The molecule has 3 rings (SSSR count). The largest absolute Gasteiger partial charge is 0.497 e. The van der Waals surface area contributed by atoms with Crippen molar-refractivity contribution in [3.8, 4) is 5.75 Å². The number of carbonyl (C=O) groups excluding carboxylic acids is 2. The van der Waals surface area contributed by atoms with Gasteiger partial charge in [0.15, 0.2) is 0 Å². The van der Waals surface area contributed by atoms with Gasteiger partial charge in [-0.25, -0.2) is 8.42 Å². The summed E-state index contributed by atoms with van der Waals surface area (Å²) in [5.74, 6) is -0.263. The summed E-state index contributed by atoms with van der Waals surface area (Å²) in [6.45, 7) is 4.94. The number of nitrogens with zero attached hydrogens (tertiary/aromatic N) is 2. The van der Waals surface area contributed by atoms with E-state index in [0.29, 0.717) is 11.4 Å². The third-order valence-corrected chi connectivity index (χ3v) is 8.13. The fraction of sp³-hybridized carbons (Fsp3) is 0.286. The number of likely N-dealkylation sites (N-methyl/N-ethyl adjacent to an activating group) is 1. The molecule has 0 radical (unpaired) electrons. The molecule has 9 heteroatoms. The van der Waals surface area contributed by atoms with Crippen LogP contribution in [-0.4, -0.2) is 51.9 Å². The lowest BCUT2D eigenvalue weighted by molar-refractivity contribution is -0.139. The number of carbonyl (C=O) groups is 2. The van der Waals surface area contributed by atoms with Crippen LogP contribution in [0.1, 0.15) is 23.6 Å². The molecule has 0 aliphatic carbocycles. The minimum atomic E-state index is -4.09. The quantitative estimate of drug-likeness (QED) is 0.438. The van der Waals surface area contributed by atoms with Crippen LogP contribution in [0.25, 0.3) is 0 Å². The Morgan fingerprint density at radius 3 is 2.30 bits per heavy atom. The van der Waals surface area contributed by atoms with E-state index < -0.39 is 28.5 Å². The number of anilines is 1. The molecule has 0 saturated heterocycles. The van der Waals surface area contributed by atoms with Crippen molar-refractivity contribution < 1.29 is 22.7 Å². The van der Waals surface area contributed by atoms with Crippen molar-refractivity contribution in [2.45, 2.75) is 38.3 Å². The maximum Gasteiger partial charge on any atom is 0.264 e. The highest BCUT2D eigenvalue weighted by Crippen LogP contribution is 2.29. The van der Waals surface area contributed by atoms with Crippen LogP contribution < -0.4 is 14.4 Å². The molecule has 1 N–H and O–H groups in total. The Kier molecular flexibility index (Phi) is 8.94. The zero-order chi connectivity index (χ0) is 27.2. The molecule has 8 nitrogen and oxygen atoms in total. The molecule has 1 atom stereocenters. The van der Waals surface area contributed by atoms with Crippen molar-refractivity contribution in [1.29, 1.82) is 0 Å². The van der Waals surface area contributed by atoms with Crippen molar-refractivity contribution in [2.75, 3.05) is 25.0 Å². The van der Waals surface area contributed by atoms with Gasteiger partial charge in [0.05, 0.1) is 17.7 Å². The van der Waals surface area contributed by atoms with E-state index in [4.69, 9.17) is 4.74 Å². The Morgan fingerprint density at radius 2 is 1.65 bits per heavy atom. The Labute approximate surface area is 218 Å². The molecule has 37 heavy (non-hydrogen) atoms. The monoisotopic (exact) mass is 523 g/mol. The first-order chi connectivity index (χ1) is 17.6. The van der Waals surface area contributed by atoms with Gasteiger partial charge in [-0.1, -0.05) is 42.5 Å². The van der Waals surface area contributed by atoms with Gasteiger partial charge in [0.1, 0.15) is 18.3 Å². The number of benzene rings is 3. The van der Waals surface area contributed by atoms with E-state index in [2.05, 4.69) is 5.32 Å². The summed E-state index contributed by atoms with van der Waals surface area (Å²) in [5, 5.41) is 2.58. The normalized spacial score (nSPS) is 11.9. The first kappa shape index (κ1) is 27.7. The number of hydrogen-bond acceptors (Lipinski definition) is 5. The fourth-order valence-electron chi connectivity index (χ4n) is 4.00. The number of sulfonamides is 1. The predicted molar refractivity (Wildman–Crippen MR) is 144 cm³/mol. The molecule has 0 heterocycles. The van der Waals surface area contributed by atoms with Crippen molar-refractivity contribution >= 4 is 27.5 Å². The van der Waals surface area contributed by atoms with E-state index in [1.165, 1.54) is 24.1 Å². The van der Waals surface area contributed by atoms with Gasteiger partial charge in [-0.3, -0.25) is 13.9 Å². The van der Waals surface area contributed by atoms with E-state index in [1.54, 1.807) is 62.6 Å². The van der Waals surface area contributed by atoms with Crippen LogP contribution in [0, 0.1) is 13.8 Å². The van der Waals surface area contributed by atoms with Gasteiger partial charge in [0, 0.05) is 13.6 Å². The standard InChI is InChI=1S/C28H33N3O5S/c1-20-11-9-16-26(21(20)2)31(37(34,35)25-14-7-6-8-15-25)19-27(32)30(22(3)28(33)29-4)18-23-12-10-13-24(17-23)36-5/h6-17,22H,18-19H2,1-5H3,(H,29,33)/t22-/m1/s1. The number of hydrogen-bond donors (Lipinski definition) is 1. The summed E-state index contributed by atoms with van der Waals surface area (Å²) in [6, 6.07) is 19.7. The number of nitrogens with one attached hydrogen (secondary N) is 1. The maximum absolute atomic E-state index is 13.8. The molecule has 196 valence electrons. The van der Waals surface area contributed by atoms with Gasteiger partial charge in [-0.05, 0) is 67.8 Å². The van der Waals surface area contributed by atoms with Gasteiger partial charge in [0.2, 0.25) is 11.8 Å². The second kappa shape index (κ2) is 11.9. The highest BCUT2D eigenvalue weighted by Gasteiger charge is 2.33. The maximum atomic E-state index is 13.8. The van der Waals surface area contributed by atoms with Gasteiger partial charge in [0.25, 0.3) is 10.0 Å². The van der Waals surface area contributed by atoms with E-state index in [9.17, 15) is 18.0 Å². The van der Waals surface area contributed by atoms with Crippen LogP contribution in [0.5, 0.6) is 5.75 Å². The minimum Gasteiger partial charge on any atom is -0.497 e. The van der Waals surface area contributed by atoms with E-state index in [-0.39, 0.29) is 17.3 Å². The van der Waals surface area contributed by atoms with Gasteiger partial charge < -0.3 is 15.0 Å². The Bertz CT molecular complexity index is 1360. The predicted octanol–water partition coefficient (Wildman–Crippen LogP) is 3.67. The molecule has 0 aliphatic rings. The molecule has 3 aromatic rings. The van der Waals surface area contributed by atoms with Gasteiger partial charge in [-0.15, -0.1) is 0 Å². The number of amides is 2. The van der Waals surface area contributed by atoms with Crippen LogP contribution in [-0.2, 0) is 26.2 Å². The molecular formula is C28H33N3O5S. The molecule has 3 aromatic carbocycles. The van der Waals surface area contributed by atoms with Crippen LogP contribution in [0.2, 0.25) is 0 Å². The van der Waals surface area contributed by atoms with Crippen LogP contribution >= 0.6 is 0 Å². The van der Waals surface area contributed by atoms with Crippen molar-refractivity contribution in [2.24, 2.45) is 0 Å². The Balaban J connectivity index is 2.07. The summed E-state index contributed by atoms with van der Waals surface area (Å²) in [6.07, 6.45) is 0. The zero-order valence-corrected chi connectivity index (χ0v) is 22.6. The molecule has 0 aliphatic heterocycles. The highest BCUT2D eigenvalue weighted by atomic mass is 32.2. The topological polar surface area (TPSA) is 96.0 Å². The highest BCUT2D eigenvalue weighted by molar-refractivity contribution is 7.92. The summed E-state index contributed by atoms with van der Waals surface area (Å²) in [4.78, 5) is 27.9. The van der Waals surface area contributed by atoms with E-state index in [1.807, 2.05) is 26.0 Å². The molecule has 0 fully saturated rings. The fourth-order valence-corrected chi connectivity index (χ4v) is 5.49. The summed E-state index contributed by atoms with van der Waals surface area (Å²) in [7, 11) is -1.05. The average Bonchev–Trinajstić information content (AvgIpc) is 2.91. The molecule has 0 unspecified atom stereocenters. The van der Waals surface area contributed by atoms with Crippen molar-refractivity contribution in [3.63, 3.8) is 0 Å². The lowest BCUT2D eigenvalue weighted by atomic mass is 10.1. The summed E-state index contributed by atoms with van der Waals surface area (Å²) < 4.78 is 34.1. The van der Waals surface area contributed by atoms with Crippen molar-refractivity contribution in [1.82, 2.24) is 10.2 Å². The Morgan fingerprint density at radius 1 is 0.973 bits per heavy atom.